The second-order valence-electron chi connectivity index (χ2n) is 7.70. The van der Waals surface area contributed by atoms with Crippen LogP contribution in [0.3, 0.4) is 0 Å². The van der Waals surface area contributed by atoms with Crippen molar-refractivity contribution in [3.8, 4) is 11.5 Å². The topological polar surface area (TPSA) is 109 Å². The van der Waals surface area contributed by atoms with Crippen molar-refractivity contribution in [2.75, 3.05) is 40.5 Å². The Morgan fingerprint density at radius 2 is 1.81 bits per heavy atom. The number of hydrogen-bond donors (Lipinski definition) is 0. The molecule has 4 rings (SSSR count). The van der Waals surface area contributed by atoms with Gasteiger partial charge in [-0.1, -0.05) is 13.3 Å². The minimum Gasteiger partial charge on any atom is -0.493 e. The van der Waals surface area contributed by atoms with E-state index in [1.54, 1.807) is 35.6 Å². The fraction of sp³-hybridized carbons (Fsp3) is 0.571. The van der Waals surface area contributed by atoms with Gasteiger partial charge in [0.25, 0.3) is 5.56 Å². The maximum Gasteiger partial charge on any atom is 0.261 e. The molecule has 0 saturated carbocycles. The summed E-state index contributed by atoms with van der Waals surface area (Å²) >= 11 is 0. The number of aryl methyl sites for hydroxylation is 1. The van der Waals surface area contributed by atoms with E-state index in [1.165, 1.54) is 0 Å². The Morgan fingerprint density at radius 3 is 2.53 bits per heavy atom. The highest BCUT2D eigenvalue weighted by Gasteiger charge is 2.20. The number of nitrogens with zero attached hydrogens (tertiary/aromatic N) is 7. The van der Waals surface area contributed by atoms with E-state index in [4.69, 9.17) is 19.2 Å². The van der Waals surface area contributed by atoms with Gasteiger partial charge in [0, 0.05) is 25.7 Å². The van der Waals surface area contributed by atoms with Crippen LogP contribution in [0.5, 0.6) is 11.5 Å². The predicted octanol–water partition coefficient (Wildman–Crippen LogP) is 1.08. The number of ether oxygens (including phenoxy) is 3. The molecule has 32 heavy (non-hydrogen) atoms. The zero-order valence-electron chi connectivity index (χ0n) is 18.8. The minimum absolute atomic E-state index is 0.163. The first-order valence-corrected chi connectivity index (χ1v) is 10.8. The van der Waals surface area contributed by atoms with Crippen molar-refractivity contribution in [3.05, 3.63) is 34.1 Å². The van der Waals surface area contributed by atoms with E-state index in [0.717, 1.165) is 25.9 Å². The molecule has 2 aromatic heterocycles. The van der Waals surface area contributed by atoms with E-state index in [0.29, 0.717) is 60.4 Å². The van der Waals surface area contributed by atoms with Crippen molar-refractivity contribution in [1.82, 2.24) is 34.7 Å². The molecule has 1 saturated heterocycles. The van der Waals surface area contributed by atoms with Gasteiger partial charge < -0.3 is 14.2 Å². The molecule has 0 radical (unpaired) electrons. The van der Waals surface area contributed by atoms with Gasteiger partial charge in [-0.2, -0.15) is 0 Å². The van der Waals surface area contributed by atoms with Gasteiger partial charge >= 0.3 is 0 Å². The molecule has 1 aromatic carbocycles. The molecule has 1 aliphatic rings. The summed E-state index contributed by atoms with van der Waals surface area (Å²) in [5.41, 5.74) is 0.405. The van der Waals surface area contributed by atoms with Gasteiger partial charge in [0.05, 0.1) is 51.4 Å². The number of rotatable bonds is 9. The fourth-order valence-electron chi connectivity index (χ4n) is 3.80. The standard InChI is InChI=1S/C21H29N7O4/c1-4-5-6-28-20(23-24-25-28)14-27-19(13-26-7-9-32-10-8-26)22-16-12-18(31-3)17(30-2)11-15(16)21(27)29/h11-12H,4-10,13-14H2,1-3H3. The molecule has 0 amide bonds. The number of hydrogen-bond acceptors (Lipinski definition) is 9. The van der Waals surface area contributed by atoms with Crippen LogP contribution in [0, 0.1) is 0 Å². The lowest BCUT2D eigenvalue weighted by molar-refractivity contribution is 0.0324. The molecule has 3 heterocycles. The summed E-state index contributed by atoms with van der Waals surface area (Å²) in [6.07, 6.45) is 1.99. The maximum absolute atomic E-state index is 13.6. The number of methoxy groups -OCH3 is 2. The number of tetrazole rings is 1. The van der Waals surface area contributed by atoms with Crippen LogP contribution in [0.4, 0.5) is 0 Å². The summed E-state index contributed by atoms with van der Waals surface area (Å²) < 4.78 is 19.7. The summed E-state index contributed by atoms with van der Waals surface area (Å²) in [7, 11) is 3.11. The molecule has 0 aliphatic carbocycles. The summed E-state index contributed by atoms with van der Waals surface area (Å²) in [6.45, 7) is 6.49. The van der Waals surface area contributed by atoms with Crippen LogP contribution in [0.1, 0.15) is 31.4 Å². The molecule has 11 heteroatoms. The van der Waals surface area contributed by atoms with Crippen molar-refractivity contribution in [1.29, 1.82) is 0 Å². The second kappa shape index (κ2) is 10.0. The third-order valence-electron chi connectivity index (χ3n) is 5.64. The number of benzene rings is 1. The van der Waals surface area contributed by atoms with Crippen molar-refractivity contribution in [3.63, 3.8) is 0 Å². The van der Waals surface area contributed by atoms with Gasteiger partial charge in [0.15, 0.2) is 17.3 Å². The Morgan fingerprint density at radius 1 is 1.06 bits per heavy atom. The Bertz CT molecular complexity index is 1120. The molecule has 172 valence electrons. The van der Waals surface area contributed by atoms with Gasteiger partial charge in [-0.3, -0.25) is 14.3 Å². The Labute approximate surface area is 185 Å². The SMILES string of the molecule is CCCCn1nnnc1Cn1c(CN2CCOCC2)nc2cc(OC)c(OC)cc2c1=O. The number of aromatic nitrogens is 6. The van der Waals surface area contributed by atoms with Crippen LogP contribution in [0.25, 0.3) is 10.9 Å². The Balaban J connectivity index is 1.80. The van der Waals surface area contributed by atoms with Crippen molar-refractivity contribution < 1.29 is 14.2 Å². The molecule has 3 aromatic rings. The molecule has 0 bridgehead atoms. The van der Waals surface area contributed by atoms with Gasteiger partial charge in [0.2, 0.25) is 0 Å². The van der Waals surface area contributed by atoms with Crippen LogP contribution in [0.2, 0.25) is 0 Å². The average Bonchev–Trinajstić information content (AvgIpc) is 3.27. The minimum atomic E-state index is -0.163. The van der Waals surface area contributed by atoms with Crippen LogP contribution >= 0.6 is 0 Å². The maximum atomic E-state index is 13.6. The molecule has 0 unspecified atom stereocenters. The van der Waals surface area contributed by atoms with Crippen LogP contribution in [0.15, 0.2) is 16.9 Å². The van der Waals surface area contributed by atoms with E-state index in [9.17, 15) is 4.79 Å². The van der Waals surface area contributed by atoms with E-state index in [2.05, 4.69) is 27.3 Å². The molecule has 11 nitrogen and oxygen atoms in total. The van der Waals surface area contributed by atoms with Gasteiger partial charge in [-0.25, -0.2) is 9.67 Å². The van der Waals surface area contributed by atoms with Gasteiger partial charge in [-0.15, -0.1) is 5.10 Å². The van der Waals surface area contributed by atoms with E-state index in [-0.39, 0.29) is 12.1 Å². The zero-order valence-corrected chi connectivity index (χ0v) is 18.8. The van der Waals surface area contributed by atoms with Crippen LogP contribution in [-0.4, -0.2) is 75.2 Å². The molecule has 0 N–H and O–H groups in total. The predicted molar refractivity (Wildman–Crippen MR) is 117 cm³/mol. The molecular formula is C21H29N7O4. The van der Waals surface area contributed by atoms with Gasteiger partial charge in [0.1, 0.15) is 5.82 Å². The first kappa shape index (κ1) is 22.2. The summed E-state index contributed by atoms with van der Waals surface area (Å²) in [5.74, 6) is 2.30. The third kappa shape index (κ3) is 4.58. The number of morpholine rings is 1. The van der Waals surface area contributed by atoms with Crippen molar-refractivity contribution >= 4 is 10.9 Å². The largest absolute Gasteiger partial charge is 0.493 e. The van der Waals surface area contributed by atoms with Crippen LogP contribution in [-0.2, 0) is 24.4 Å². The lowest BCUT2D eigenvalue weighted by Gasteiger charge is -2.27. The second-order valence-corrected chi connectivity index (χ2v) is 7.70. The Kier molecular flexibility index (Phi) is 6.96. The third-order valence-corrected chi connectivity index (χ3v) is 5.64. The summed E-state index contributed by atoms with van der Waals surface area (Å²) in [6, 6.07) is 3.42. The summed E-state index contributed by atoms with van der Waals surface area (Å²) in [5, 5.41) is 12.5. The van der Waals surface area contributed by atoms with Gasteiger partial charge in [-0.05, 0) is 22.9 Å². The molecule has 1 fully saturated rings. The average molecular weight is 444 g/mol. The quantitative estimate of drug-likeness (QED) is 0.480. The van der Waals surface area contributed by atoms with E-state index < -0.39 is 0 Å². The van der Waals surface area contributed by atoms with Crippen LogP contribution < -0.4 is 15.0 Å². The molecule has 0 atom stereocenters. The highest BCUT2D eigenvalue weighted by atomic mass is 16.5. The first-order valence-electron chi connectivity index (χ1n) is 10.8. The number of unbranched alkanes of at least 4 members (excludes halogenated alkanes) is 1. The first-order chi connectivity index (χ1) is 15.6. The number of fused-ring (bicyclic) bond motifs is 1. The normalized spacial score (nSPS) is 14.7. The monoisotopic (exact) mass is 443 g/mol. The molecule has 1 aliphatic heterocycles. The molecular weight excluding hydrogens is 414 g/mol. The van der Waals surface area contributed by atoms with Crippen molar-refractivity contribution in [2.24, 2.45) is 0 Å². The van der Waals surface area contributed by atoms with Crippen molar-refractivity contribution in [2.45, 2.75) is 39.4 Å². The lowest BCUT2D eigenvalue weighted by atomic mass is 10.2. The van der Waals surface area contributed by atoms with E-state index in [1.807, 2.05) is 0 Å². The lowest BCUT2D eigenvalue weighted by Crippen LogP contribution is -2.38. The smallest absolute Gasteiger partial charge is 0.261 e. The zero-order chi connectivity index (χ0) is 22.5. The molecule has 0 spiro atoms. The fourth-order valence-corrected chi connectivity index (χ4v) is 3.80. The Hall–Kier alpha value is -3.05. The highest BCUT2D eigenvalue weighted by molar-refractivity contribution is 5.82. The summed E-state index contributed by atoms with van der Waals surface area (Å²) in [4.78, 5) is 20.7. The van der Waals surface area contributed by atoms with E-state index >= 15 is 0 Å². The highest BCUT2D eigenvalue weighted by Crippen LogP contribution is 2.30.